The first kappa shape index (κ1) is 22.8. The highest BCUT2D eigenvalue weighted by molar-refractivity contribution is 5.94. The zero-order chi connectivity index (χ0) is 24.5. The van der Waals surface area contributed by atoms with Gasteiger partial charge in [-0.25, -0.2) is 19.3 Å². The van der Waals surface area contributed by atoms with Gasteiger partial charge in [-0.15, -0.1) is 0 Å². The van der Waals surface area contributed by atoms with Crippen LogP contribution in [0.15, 0.2) is 48.9 Å². The van der Waals surface area contributed by atoms with E-state index in [-0.39, 0.29) is 5.82 Å². The maximum absolute atomic E-state index is 14.5. The number of aromatic nitrogens is 4. The number of rotatable bonds is 7. The summed E-state index contributed by atoms with van der Waals surface area (Å²) < 4.78 is 14.5. The summed E-state index contributed by atoms with van der Waals surface area (Å²) in [6, 6.07) is 8.97. The molecule has 1 aliphatic heterocycles. The maximum atomic E-state index is 14.5. The molecule has 0 unspecified atom stereocenters. The van der Waals surface area contributed by atoms with Crippen LogP contribution in [0, 0.1) is 5.82 Å². The van der Waals surface area contributed by atoms with E-state index in [0.29, 0.717) is 23.2 Å². The van der Waals surface area contributed by atoms with E-state index in [1.807, 2.05) is 36.7 Å². The zero-order valence-corrected chi connectivity index (χ0v) is 20.5. The van der Waals surface area contributed by atoms with Crippen molar-refractivity contribution in [2.24, 2.45) is 0 Å². The summed E-state index contributed by atoms with van der Waals surface area (Å²) in [5.74, 6) is 2.40. The molecule has 0 atom stereocenters. The van der Waals surface area contributed by atoms with Gasteiger partial charge in [-0.1, -0.05) is 19.4 Å². The van der Waals surface area contributed by atoms with Gasteiger partial charge in [0.1, 0.15) is 17.5 Å². The second-order valence-electron chi connectivity index (χ2n) is 9.62. The summed E-state index contributed by atoms with van der Waals surface area (Å²) in [5, 5.41) is 7.71. The summed E-state index contributed by atoms with van der Waals surface area (Å²) in [4.78, 5) is 21.3. The van der Waals surface area contributed by atoms with Gasteiger partial charge < -0.3 is 15.5 Å². The Morgan fingerprint density at radius 2 is 1.94 bits per heavy atom. The van der Waals surface area contributed by atoms with Gasteiger partial charge in [-0.3, -0.25) is 4.98 Å². The molecule has 36 heavy (non-hydrogen) atoms. The number of fused-ring (bicyclic) bond motifs is 1. The SMILES string of the molecule is CCCc1ccc(F)c(Nc2cc(-c3nc(N4CCNCC4)c4c(C5CC5)cncc4n3)ccn2)c1. The normalized spacial score (nSPS) is 15.9. The Hall–Kier alpha value is -3.65. The summed E-state index contributed by atoms with van der Waals surface area (Å²) in [7, 11) is 0. The van der Waals surface area contributed by atoms with Gasteiger partial charge in [-0.05, 0) is 60.6 Å². The molecule has 8 heteroatoms. The van der Waals surface area contributed by atoms with E-state index >= 15 is 0 Å². The molecule has 2 N–H and O–H groups in total. The van der Waals surface area contributed by atoms with Gasteiger partial charge in [0.15, 0.2) is 5.82 Å². The Morgan fingerprint density at radius 3 is 2.75 bits per heavy atom. The van der Waals surface area contributed by atoms with E-state index in [0.717, 1.165) is 66.9 Å². The highest BCUT2D eigenvalue weighted by Crippen LogP contribution is 2.44. The maximum Gasteiger partial charge on any atom is 0.162 e. The van der Waals surface area contributed by atoms with Crippen molar-refractivity contribution in [1.29, 1.82) is 0 Å². The first-order valence-electron chi connectivity index (χ1n) is 12.8. The van der Waals surface area contributed by atoms with Crippen LogP contribution in [0.25, 0.3) is 22.3 Å². The lowest BCUT2D eigenvalue weighted by atomic mass is 10.1. The Morgan fingerprint density at radius 1 is 1.08 bits per heavy atom. The average molecular weight is 484 g/mol. The van der Waals surface area contributed by atoms with Crippen LogP contribution in [0.4, 0.5) is 21.7 Å². The van der Waals surface area contributed by atoms with E-state index < -0.39 is 0 Å². The van der Waals surface area contributed by atoms with E-state index in [2.05, 4.69) is 32.4 Å². The van der Waals surface area contributed by atoms with Gasteiger partial charge in [-0.2, -0.15) is 0 Å². The van der Waals surface area contributed by atoms with Gasteiger partial charge in [0.25, 0.3) is 0 Å². The highest BCUT2D eigenvalue weighted by atomic mass is 19.1. The minimum absolute atomic E-state index is 0.302. The fraction of sp³-hybridized carbons (Fsp3) is 0.357. The van der Waals surface area contributed by atoms with Crippen molar-refractivity contribution in [2.45, 2.75) is 38.5 Å². The van der Waals surface area contributed by atoms with E-state index in [4.69, 9.17) is 9.97 Å². The third kappa shape index (κ3) is 4.60. The van der Waals surface area contributed by atoms with Crippen molar-refractivity contribution in [3.8, 4) is 11.4 Å². The topological polar surface area (TPSA) is 78.9 Å². The molecule has 2 fully saturated rings. The fourth-order valence-corrected chi connectivity index (χ4v) is 4.92. The fourth-order valence-electron chi connectivity index (χ4n) is 4.92. The van der Waals surface area contributed by atoms with Crippen molar-refractivity contribution in [3.63, 3.8) is 0 Å². The molecule has 2 aliphatic rings. The van der Waals surface area contributed by atoms with E-state index in [9.17, 15) is 4.39 Å². The molecule has 6 rings (SSSR count). The number of nitrogens with one attached hydrogen (secondary N) is 2. The van der Waals surface area contributed by atoms with Gasteiger partial charge in [0.05, 0.1) is 17.4 Å². The molecule has 0 radical (unpaired) electrons. The third-order valence-electron chi connectivity index (χ3n) is 6.90. The van der Waals surface area contributed by atoms with Crippen LogP contribution < -0.4 is 15.5 Å². The summed E-state index contributed by atoms with van der Waals surface area (Å²) >= 11 is 0. The summed E-state index contributed by atoms with van der Waals surface area (Å²) in [5.41, 5.74) is 4.46. The molecule has 7 nitrogen and oxygen atoms in total. The van der Waals surface area contributed by atoms with Gasteiger partial charge in [0.2, 0.25) is 0 Å². The summed E-state index contributed by atoms with van der Waals surface area (Å²) in [6.45, 7) is 5.76. The smallest absolute Gasteiger partial charge is 0.162 e. The molecule has 0 spiro atoms. The molecular formula is C28H30FN7. The predicted octanol–water partition coefficient (Wildman–Crippen LogP) is 5.21. The van der Waals surface area contributed by atoms with Gasteiger partial charge >= 0.3 is 0 Å². The van der Waals surface area contributed by atoms with E-state index in [1.165, 1.54) is 24.5 Å². The molecule has 0 amide bonds. The number of aryl methyl sites for hydroxylation is 1. The van der Waals surface area contributed by atoms with Crippen molar-refractivity contribution >= 4 is 28.2 Å². The van der Waals surface area contributed by atoms with Crippen LogP contribution in [0.3, 0.4) is 0 Å². The molecule has 1 saturated heterocycles. The molecule has 1 saturated carbocycles. The standard InChI is InChI=1S/C28H30FN7/c1-2-3-18-4-7-22(29)23(14-18)33-25-15-20(8-9-32-25)27-34-24-17-31-16-21(19-5-6-19)26(24)28(35-27)36-12-10-30-11-13-36/h4,7-9,14-17,19,30H,2-3,5-6,10-13H2,1H3,(H,32,33). The number of hydrogen-bond donors (Lipinski definition) is 2. The van der Waals surface area contributed by atoms with E-state index in [1.54, 1.807) is 6.20 Å². The van der Waals surface area contributed by atoms with Crippen LogP contribution in [0.1, 0.15) is 43.2 Å². The Labute approximate surface area is 210 Å². The van der Waals surface area contributed by atoms with Crippen LogP contribution >= 0.6 is 0 Å². The van der Waals surface area contributed by atoms with Crippen molar-refractivity contribution in [3.05, 3.63) is 65.9 Å². The number of pyridine rings is 2. The average Bonchev–Trinajstić information content (AvgIpc) is 3.76. The number of benzene rings is 1. The highest BCUT2D eigenvalue weighted by Gasteiger charge is 2.29. The number of anilines is 3. The second kappa shape index (κ2) is 9.78. The first-order valence-corrected chi connectivity index (χ1v) is 12.8. The minimum Gasteiger partial charge on any atom is -0.353 e. The molecule has 1 aliphatic carbocycles. The van der Waals surface area contributed by atoms with Crippen LogP contribution in [-0.4, -0.2) is 46.1 Å². The number of nitrogens with zero attached hydrogens (tertiary/aromatic N) is 5. The molecule has 3 aromatic heterocycles. The second-order valence-corrected chi connectivity index (χ2v) is 9.62. The zero-order valence-electron chi connectivity index (χ0n) is 20.5. The third-order valence-corrected chi connectivity index (χ3v) is 6.90. The molecule has 4 aromatic rings. The monoisotopic (exact) mass is 483 g/mol. The number of piperazine rings is 1. The van der Waals surface area contributed by atoms with Crippen molar-refractivity contribution in [2.75, 3.05) is 36.4 Å². The molecular weight excluding hydrogens is 453 g/mol. The Kier molecular flexibility index (Phi) is 6.19. The number of hydrogen-bond acceptors (Lipinski definition) is 7. The van der Waals surface area contributed by atoms with Crippen LogP contribution in [0.2, 0.25) is 0 Å². The molecule has 184 valence electrons. The van der Waals surface area contributed by atoms with Crippen molar-refractivity contribution in [1.82, 2.24) is 25.3 Å². The van der Waals surface area contributed by atoms with Crippen LogP contribution in [0.5, 0.6) is 0 Å². The largest absolute Gasteiger partial charge is 0.353 e. The lowest BCUT2D eigenvalue weighted by molar-refractivity contribution is 0.586. The molecule has 1 aromatic carbocycles. The quantitative estimate of drug-likeness (QED) is 0.374. The first-order chi connectivity index (χ1) is 17.7. The van der Waals surface area contributed by atoms with Crippen LogP contribution in [-0.2, 0) is 6.42 Å². The predicted molar refractivity (Wildman–Crippen MR) is 141 cm³/mol. The summed E-state index contributed by atoms with van der Waals surface area (Å²) in [6.07, 6.45) is 9.83. The van der Waals surface area contributed by atoms with Gasteiger partial charge in [0, 0.05) is 49.5 Å². The lowest BCUT2D eigenvalue weighted by Crippen LogP contribution is -2.44. The Bertz CT molecular complexity index is 1400. The molecule has 0 bridgehead atoms. The lowest BCUT2D eigenvalue weighted by Gasteiger charge is -2.30. The molecule has 4 heterocycles. The Balaban J connectivity index is 1.40. The minimum atomic E-state index is -0.302. The van der Waals surface area contributed by atoms with Crippen molar-refractivity contribution < 1.29 is 4.39 Å². The number of halogens is 1.